The molecule has 6 nitrogen and oxygen atoms in total. The largest absolute Gasteiger partial charge is 0.351 e. The van der Waals surface area contributed by atoms with Crippen LogP contribution in [-0.2, 0) is 0 Å². The molecule has 0 saturated carbocycles. The molecule has 1 heterocycles. The number of hydrogen-bond acceptors (Lipinski definition) is 4. The Labute approximate surface area is 161 Å². The average Bonchev–Trinajstić information content (AvgIpc) is 2.62. The Kier molecular flexibility index (Phi) is 7.07. The normalized spacial score (nSPS) is 10.9. The fourth-order valence-corrected chi connectivity index (χ4v) is 2.71. The average molecular weight is 368 g/mol. The molecule has 0 aliphatic heterocycles. The number of aryl methyl sites for hydroxylation is 1. The van der Waals surface area contributed by atoms with Gasteiger partial charge in [-0.05, 0) is 44.1 Å². The summed E-state index contributed by atoms with van der Waals surface area (Å²) in [6.45, 7) is 7.41. The molecular weight excluding hydrogens is 340 g/mol. The Bertz CT molecular complexity index is 816. The van der Waals surface area contributed by atoms with E-state index >= 15 is 0 Å². The second-order valence-electron chi connectivity index (χ2n) is 7.17. The highest BCUT2D eigenvalue weighted by molar-refractivity contribution is 6.06. The molecule has 144 valence electrons. The van der Waals surface area contributed by atoms with Gasteiger partial charge >= 0.3 is 0 Å². The highest BCUT2D eigenvalue weighted by Crippen LogP contribution is 2.27. The lowest BCUT2D eigenvalue weighted by atomic mass is 9.98. The van der Waals surface area contributed by atoms with Gasteiger partial charge in [-0.2, -0.15) is 0 Å². The third-order valence-corrected chi connectivity index (χ3v) is 4.27. The van der Waals surface area contributed by atoms with Crippen LogP contribution in [0, 0.1) is 6.92 Å². The summed E-state index contributed by atoms with van der Waals surface area (Å²) in [4.78, 5) is 31.0. The first-order valence-corrected chi connectivity index (χ1v) is 9.08. The minimum absolute atomic E-state index is 0.238. The van der Waals surface area contributed by atoms with Crippen molar-refractivity contribution >= 4 is 17.5 Å². The Hall–Kier alpha value is -2.73. The maximum Gasteiger partial charge on any atom is 0.257 e. The molecule has 0 aliphatic carbocycles. The second-order valence-corrected chi connectivity index (χ2v) is 7.17. The number of nitrogens with one attached hydrogen (secondary N) is 2. The van der Waals surface area contributed by atoms with Crippen molar-refractivity contribution < 1.29 is 9.59 Å². The predicted molar refractivity (Wildman–Crippen MR) is 108 cm³/mol. The molecule has 2 N–H and O–H groups in total. The molecule has 0 saturated heterocycles. The van der Waals surface area contributed by atoms with Crippen LogP contribution in [0.5, 0.6) is 0 Å². The van der Waals surface area contributed by atoms with Gasteiger partial charge in [0.15, 0.2) is 0 Å². The predicted octanol–water partition coefficient (Wildman–Crippen LogP) is 3.06. The topological polar surface area (TPSA) is 74.3 Å². The van der Waals surface area contributed by atoms with Crippen molar-refractivity contribution in [2.24, 2.45) is 0 Å². The Morgan fingerprint density at radius 2 is 1.78 bits per heavy atom. The number of rotatable bonds is 7. The zero-order chi connectivity index (χ0) is 20.0. The zero-order valence-electron chi connectivity index (χ0n) is 16.7. The number of carbonyl (C=O) groups excluding carboxylic acids is 2. The summed E-state index contributed by atoms with van der Waals surface area (Å²) in [5.41, 5.74) is 3.62. The van der Waals surface area contributed by atoms with Gasteiger partial charge in [0.1, 0.15) is 0 Å². The third kappa shape index (κ3) is 5.62. The van der Waals surface area contributed by atoms with Gasteiger partial charge in [0.05, 0.1) is 11.1 Å². The highest BCUT2D eigenvalue weighted by atomic mass is 16.2. The summed E-state index contributed by atoms with van der Waals surface area (Å²) in [6, 6.07) is 7.54. The van der Waals surface area contributed by atoms with Crippen LogP contribution in [0.25, 0.3) is 0 Å². The van der Waals surface area contributed by atoms with E-state index in [1.165, 1.54) is 12.4 Å². The van der Waals surface area contributed by atoms with Gasteiger partial charge in [-0.25, -0.2) is 0 Å². The first-order valence-electron chi connectivity index (χ1n) is 9.08. The van der Waals surface area contributed by atoms with Gasteiger partial charge in [-0.15, -0.1) is 0 Å². The number of para-hydroxylation sites is 1. The molecule has 2 amide bonds. The molecule has 0 spiro atoms. The van der Waals surface area contributed by atoms with Crippen LogP contribution in [0.4, 0.5) is 5.69 Å². The molecule has 0 aliphatic rings. The van der Waals surface area contributed by atoms with Gasteiger partial charge in [0.25, 0.3) is 11.8 Å². The van der Waals surface area contributed by atoms with Crippen molar-refractivity contribution in [2.45, 2.75) is 26.7 Å². The number of likely N-dealkylation sites (N-methyl/N-ethyl adjacent to an activating group) is 1. The Balaban J connectivity index is 2.15. The lowest BCUT2D eigenvalue weighted by molar-refractivity contribution is 0.0950. The minimum Gasteiger partial charge on any atom is -0.351 e. The Morgan fingerprint density at radius 1 is 1.11 bits per heavy atom. The summed E-state index contributed by atoms with van der Waals surface area (Å²) >= 11 is 0. The number of benzene rings is 1. The van der Waals surface area contributed by atoms with Crippen LogP contribution < -0.4 is 10.6 Å². The van der Waals surface area contributed by atoms with Crippen LogP contribution in [0.3, 0.4) is 0 Å². The lowest BCUT2D eigenvalue weighted by Gasteiger charge is -2.16. The number of nitrogens with zero attached hydrogens (tertiary/aromatic N) is 2. The van der Waals surface area contributed by atoms with E-state index < -0.39 is 0 Å². The monoisotopic (exact) mass is 368 g/mol. The lowest BCUT2D eigenvalue weighted by Crippen LogP contribution is -2.31. The van der Waals surface area contributed by atoms with Gasteiger partial charge in [0, 0.05) is 31.2 Å². The SMILES string of the molecule is Cc1cccc(C(C)C)c1NC(=O)c1cncc(C(=O)NCCN(C)C)c1. The number of aromatic nitrogens is 1. The van der Waals surface area contributed by atoms with Crippen LogP contribution in [0.1, 0.15) is 51.6 Å². The van der Waals surface area contributed by atoms with Crippen molar-refractivity contribution in [3.8, 4) is 0 Å². The molecule has 27 heavy (non-hydrogen) atoms. The van der Waals surface area contributed by atoms with Gasteiger partial charge in [-0.3, -0.25) is 14.6 Å². The smallest absolute Gasteiger partial charge is 0.257 e. The van der Waals surface area contributed by atoms with Crippen molar-refractivity contribution in [3.05, 3.63) is 58.9 Å². The molecule has 1 aromatic heterocycles. The van der Waals surface area contributed by atoms with E-state index in [1.807, 2.05) is 44.1 Å². The second kappa shape index (κ2) is 9.28. The fourth-order valence-electron chi connectivity index (χ4n) is 2.71. The summed E-state index contributed by atoms with van der Waals surface area (Å²) < 4.78 is 0. The summed E-state index contributed by atoms with van der Waals surface area (Å²) in [5.74, 6) is -0.230. The van der Waals surface area contributed by atoms with Crippen LogP contribution in [0.15, 0.2) is 36.7 Å². The number of carbonyl (C=O) groups is 2. The summed E-state index contributed by atoms with van der Waals surface area (Å²) in [6.07, 6.45) is 2.94. The number of amides is 2. The molecular formula is C21H28N4O2. The molecule has 2 aromatic rings. The minimum atomic E-state index is -0.276. The maximum atomic E-state index is 12.7. The quantitative estimate of drug-likeness (QED) is 0.788. The standard InChI is InChI=1S/C21H28N4O2/c1-14(2)18-8-6-7-15(3)19(18)24-21(27)17-11-16(12-22-13-17)20(26)23-9-10-25(4)5/h6-8,11-14H,9-10H2,1-5H3,(H,23,26)(H,24,27). The highest BCUT2D eigenvalue weighted by Gasteiger charge is 2.15. The van der Waals surface area contributed by atoms with E-state index in [4.69, 9.17) is 0 Å². The molecule has 0 atom stereocenters. The van der Waals surface area contributed by atoms with Crippen LogP contribution in [-0.4, -0.2) is 48.9 Å². The fraction of sp³-hybridized carbons (Fsp3) is 0.381. The van der Waals surface area contributed by atoms with E-state index in [2.05, 4.69) is 29.5 Å². The molecule has 6 heteroatoms. The molecule has 0 bridgehead atoms. The van der Waals surface area contributed by atoms with Gasteiger partial charge < -0.3 is 15.5 Å². The first-order chi connectivity index (χ1) is 12.8. The number of anilines is 1. The van der Waals surface area contributed by atoms with Crippen LogP contribution >= 0.6 is 0 Å². The Morgan fingerprint density at radius 3 is 2.41 bits per heavy atom. The first kappa shape index (κ1) is 20.6. The van der Waals surface area contributed by atoms with E-state index in [1.54, 1.807) is 6.07 Å². The van der Waals surface area contributed by atoms with E-state index in [0.717, 1.165) is 23.4 Å². The van der Waals surface area contributed by atoms with Gasteiger partial charge in [-0.1, -0.05) is 32.0 Å². The van der Waals surface area contributed by atoms with Crippen molar-refractivity contribution in [1.82, 2.24) is 15.2 Å². The van der Waals surface area contributed by atoms with E-state index in [-0.39, 0.29) is 17.7 Å². The van der Waals surface area contributed by atoms with E-state index in [9.17, 15) is 9.59 Å². The van der Waals surface area contributed by atoms with Crippen molar-refractivity contribution in [1.29, 1.82) is 0 Å². The molecule has 0 radical (unpaired) electrons. The van der Waals surface area contributed by atoms with Gasteiger partial charge in [0.2, 0.25) is 0 Å². The number of pyridine rings is 1. The zero-order valence-corrected chi connectivity index (χ0v) is 16.7. The van der Waals surface area contributed by atoms with Crippen molar-refractivity contribution in [2.75, 3.05) is 32.5 Å². The summed E-state index contributed by atoms with van der Waals surface area (Å²) in [7, 11) is 3.88. The number of hydrogen-bond donors (Lipinski definition) is 2. The molecule has 2 rings (SSSR count). The van der Waals surface area contributed by atoms with Crippen molar-refractivity contribution in [3.63, 3.8) is 0 Å². The molecule has 0 fully saturated rings. The molecule has 0 unspecified atom stereocenters. The summed E-state index contributed by atoms with van der Waals surface area (Å²) in [5, 5.41) is 5.81. The maximum absolute atomic E-state index is 12.7. The third-order valence-electron chi connectivity index (χ3n) is 4.27. The van der Waals surface area contributed by atoms with E-state index in [0.29, 0.717) is 17.7 Å². The van der Waals surface area contributed by atoms with Crippen LogP contribution in [0.2, 0.25) is 0 Å². The molecule has 1 aromatic carbocycles.